The lowest BCUT2D eigenvalue weighted by Crippen LogP contribution is -2.41. The molecule has 0 aromatic heterocycles. The largest absolute Gasteiger partial charge is 0.406 e. The lowest BCUT2D eigenvalue weighted by molar-refractivity contribution is 0.229. The number of hydrogen-bond acceptors (Lipinski definition) is 1. The van der Waals surface area contributed by atoms with E-state index < -0.39 is 16.4 Å². The summed E-state index contributed by atoms with van der Waals surface area (Å²) in [7, 11) is -3.27. The first-order chi connectivity index (χ1) is 10.4. The Morgan fingerprint density at radius 2 is 1.65 bits per heavy atom. The molecule has 1 aromatic carbocycles. The zero-order valence-corrected chi connectivity index (χ0v) is 18.1. The molecule has 0 amide bonds. The maximum Gasteiger partial charge on any atom is 0.193 e. The van der Waals surface area contributed by atoms with Gasteiger partial charge in [0, 0.05) is 5.56 Å². The summed E-state index contributed by atoms with van der Waals surface area (Å²) in [6.07, 6.45) is 1.82. The SMILES string of the molecule is C=CC(O[Si](C)(C)C(C)(C)C)c1ccccc1C#C[Si](C)(C)C. The van der Waals surface area contributed by atoms with Crippen LogP contribution in [0.2, 0.25) is 37.8 Å². The highest BCUT2D eigenvalue weighted by Gasteiger charge is 2.39. The van der Waals surface area contributed by atoms with E-state index in [1.54, 1.807) is 0 Å². The van der Waals surface area contributed by atoms with Crippen molar-refractivity contribution in [1.82, 2.24) is 0 Å². The van der Waals surface area contributed by atoms with Crippen LogP contribution in [0.3, 0.4) is 0 Å². The first kappa shape index (κ1) is 20.0. The third kappa shape index (κ3) is 5.80. The van der Waals surface area contributed by atoms with Gasteiger partial charge in [-0.1, -0.05) is 70.6 Å². The second kappa shape index (κ2) is 7.21. The van der Waals surface area contributed by atoms with Crippen LogP contribution >= 0.6 is 0 Å². The molecule has 0 bridgehead atoms. The van der Waals surface area contributed by atoms with Gasteiger partial charge in [-0.05, 0) is 29.8 Å². The van der Waals surface area contributed by atoms with Crippen molar-refractivity contribution in [1.29, 1.82) is 0 Å². The fourth-order valence-corrected chi connectivity index (χ4v) is 3.57. The van der Waals surface area contributed by atoms with Gasteiger partial charge in [-0.3, -0.25) is 0 Å². The molecule has 0 radical (unpaired) electrons. The summed E-state index contributed by atoms with van der Waals surface area (Å²) in [6.45, 7) is 22.1. The van der Waals surface area contributed by atoms with E-state index in [2.05, 4.69) is 89.7 Å². The van der Waals surface area contributed by atoms with E-state index in [1.807, 2.05) is 12.1 Å². The Morgan fingerprint density at radius 1 is 1.09 bits per heavy atom. The standard InChI is InChI=1S/C20H32OSi2/c1-10-19(21-23(8,9)20(2,3)4)18-14-12-11-13-17(18)15-16-22(5,6)7/h10-14,19H,1H2,2-9H3. The molecule has 0 heterocycles. The summed E-state index contributed by atoms with van der Waals surface area (Å²) in [5.74, 6) is 3.39. The van der Waals surface area contributed by atoms with Crippen molar-refractivity contribution in [2.24, 2.45) is 0 Å². The lowest BCUT2D eigenvalue weighted by Gasteiger charge is -2.38. The minimum absolute atomic E-state index is 0.0944. The van der Waals surface area contributed by atoms with Crippen LogP contribution in [0.5, 0.6) is 0 Å². The molecule has 0 fully saturated rings. The first-order valence-electron chi connectivity index (χ1n) is 8.30. The van der Waals surface area contributed by atoms with Crippen molar-refractivity contribution in [3.05, 3.63) is 48.0 Å². The van der Waals surface area contributed by atoms with Crippen molar-refractivity contribution in [2.75, 3.05) is 0 Å². The van der Waals surface area contributed by atoms with Crippen LogP contribution in [0.4, 0.5) is 0 Å². The van der Waals surface area contributed by atoms with Crippen LogP contribution in [0.1, 0.15) is 38.0 Å². The second-order valence-electron chi connectivity index (χ2n) is 8.62. The summed E-state index contributed by atoms with van der Waals surface area (Å²) in [6, 6.07) is 8.31. The fourth-order valence-electron chi connectivity index (χ4n) is 1.85. The molecule has 0 saturated carbocycles. The Kier molecular flexibility index (Phi) is 6.26. The monoisotopic (exact) mass is 344 g/mol. The van der Waals surface area contributed by atoms with E-state index in [0.717, 1.165) is 11.1 Å². The summed E-state index contributed by atoms with van der Waals surface area (Å²) in [5.41, 5.74) is 5.67. The van der Waals surface area contributed by atoms with Gasteiger partial charge < -0.3 is 4.43 Å². The quantitative estimate of drug-likeness (QED) is 0.361. The average Bonchev–Trinajstić information content (AvgIpc) is 2.41. The Hall–Kier alpha value is -1.09. The molecule has 1 aromatic rings. The van der Waals surface area contributed by atoms with Crippen LogP contribution in [0, 0.1) is 11.5 Å². The number of rotatable bonds is 4. The summed E-state index contributed by atoms with van der Waals surface area (Å²) >= 11 is 0. The molecular weight excluding hydrogens is 312 g/mol. The number of benzene rings is 1. The molecule has 23 heavy (non-hydrogen) atoms. The van der Waals surface area contributed by atoms with Gasteiger partial charge in [0.25, 0.3) is 0 Å². The predicted molar refractivity (Wildman–Crippen MR) is 108 cm³/mol. The normalized spacial score (nSPS) is 13.9. The summed E-state index contributed by atoms with van der Waals surface area (Å²) < 4.78 is 6.57. The van der Waals surface area contributed by atoms with E-state index in [1.165, 1.54) is 0 Å². The highest BCUT2D eigenvalue weighted by atomic mass is 28.4. The Labute approximate surface area is 145 Å². The smallest absolute Gasteiger partial charge is 0.193 e. The van der Waals surface area contributed by atoms with Crippen LogP contribution in [0.25, 0.3) is 0 Å². The van der Waals surface area contributed by atoms with Gasteiger partial charge in [0.15, 0.2) is 8.32 Å². The fraction of sp³-hybridized carbons (Fsp3) is 0.500. The van der Waals surface area contributed by atoms with E-state index in [0.29, 0.717) is 0 Å². The Balaban J connectivity index is 3.22. The molecule has 1 rings (SSSR count). The lowest BCUT2D eigenvalue weighted by atomic mass is 10.0. The molecule has 0 aliphatic carbocycles. The molecule has 1 unspecified atom stereocenters. The van der Waals surface area contributed by atoms with Crippen LogP contribution in [-0.4, -0.2) is 16.4 Å². The zero-order chi connectivity index (χ0) is 17.9. The minimum Gasteiger partial charge on any atom is -0.406 e. The summed E-state index contributed by atoms with van der Waals surface area (Å²) in [5, 5.41) is 0.174. The Bertz CT molecular complexity index is 607. The molecule has 0 aliphatic heterocycles. The van der Waals surface area contributed by atoms with Crippen molar-refractivity contribution in [3.8, 4) is 11.5 Å². The topological polar surface area (TPSA) is 9.23 Å². The molecule has 0 saturated heterocycles. The first-order valence-corrected chi connectivity index (χ1v) is 14.7. The Morgan fingerprint density at radius 3 is 2.13 bits per heavy atom. The van der Waals surface area contributed by atoms with Crippen molar-refractivity contribution in [2.45, 2.75) is 64.6 Å². The van der Waals surface area contributed by atoms with Crippen LogP contribution < -0.4 is 0 Å². The maximum atomic E-state index is 6.57. The van der Waals surface area contributed by atoms with E-state index >= 15 is 0 Å². The van der Waals surface area contributed by atoms with Crippen LogP contribution in [0.15, 0.2) is 36.9 Å². The van der Waals surface area contributed by atoms with Crippen molar-refractivity contribution < 1.29 is 4.43 Å². The van der Waals surface area contributed by atoms with Gasteiger partial charge in [0.05, 0.1) is 6.10 Å². The van der Waals surface area contributed by atoms with E-state index in [4.69, 9.17) is 4.43 Å². The molecule has 126 valence electrons. The maximum absolute atomic E-state index is 6.57. The highest BCUT2D eigenvalue weighted by molar-refractivity contribution is 6.83. The third-order valence-electron chi connectivity index (χ3n) is 4.28. The van der Waals surface area contributed by atoms with Crippen LogP contribution in [-0.2, 0) is 4.43 Å². The molecule has 0 aliphatic rings. The number of hydrogen-bond donors (Lipinski definition) is 0. The van der Waals surface area contributed by atoms with Gasteiger partial charge in [0.2, 0.25) is 0 Å². The molecule has 1 atom stereocenters. The molecule has 0 N–H and O–H groups in total. The predicted octanol–water partition coefficient (Wildman–Crippen LogP) is 6.16. The highest BCUT2D eigenvalue weighted by Crippen LogP contribution is 2.40. The van der Waals surface area contributed by atoms with E-state index in [-0.39, 0.29) is 11.1 Å². The second-order valence-corrected chi connectivity index (χ2v) is 18.1. The van der Waals surface area contributed by atoms with Gasteiger partial charge in [-0.15, -0.1) is 12.1 Å². The summed E-state index contributed by atoms with van der Waals surface area (Å²) in [4.78, 5) is 0. The molecule has 3 heteroatoms. The van der Waals surface area contributed by atoms with Crippen molar-refractivity contribution in [3.63, 3.8) is 0 Å². The van der Waals surface area contributed by atoms with Crippen molar-refractivity contribution >= 4 is 16.4 Å². The van der Waals surface area contributed by atoms with Gasteiger partial charge in [-0.25, -0.2) is 0 Å². The molecular formula is C20H32OSi2. The van der Waals surface area contributed by atoms with E-state index in [9.17, 15) is 0 Å². The minimum atomic E-state index is -1.87. The zero-order valence-electron chi connectivity index (χ0n) is 16.1. The van der Waals surface area contributed by atoms with Gasteiger partial charge >= 0.3 is 0 Å². The average molecular weight is 345 g/mol. The third-order valence-corrected chi connectivity index (χ3v) is 9.61. The molecule has 0 spiro atoms. The van der Waals surface area contributed by atoms with Gasteiger partial charge in [0.1, 0.15) is 8.07 Å². The molecule has 1 nitrogen and oxygen atoms in total. The van der Waals surface area contributed by atoms with Gasteiger partial charge in [-0.2, -0.15) is 0 Å².